The number of carbonyl (C=O) groups is 2. The molecule has 2 saturated heterocycles. The normalized spacial score (nSPS) is 27.9. The number of hydrogen-bond donors (Lipinski definition) is 3. The second-order valence-corrected chi connectivity index (χ2v) is 5.47. The van der Waals surface area contributed by atoms with Crippen LogP contribution in [-0.4, -0.2) is 49.1 Å². The van der Waals surface area contributed by atoms with Crippen LogP contribution in [-0.2, 0) is 4.79 Å². The summed E-state index contributed by atoms with van der Waals surface area (Å²) in [5.41, 5.74) is 5.11. The number of amides is 3. The first-order chi connectivity index (χ1) is 9.18. The van der Waals surface area contributed by atoms with Gasteiger partial charge in [0.25, 0.3) is 0 Å². The second-order valence-electron chi connectivity index (χ2n) is 5.47. The van der Waals surface area contributed by atoms with E-state index in [9.17, 15) is 9.59 Å². The lowest BCUT2D eigenvalue weighted by Gasteiger charge is -2.38. The number of hydrogen-bond acceptors (Lipinski definition) is 3. The summed E-state index contributed by atoms with van der Waals surface area (Å²) in [5, 5.41) is 5.91. The molecule has 2 rings (SSSR count). The Bertz CT molecular complexity index is 329. The summed E-state index contributed by atoms with van der Waals surface area (Å²) in [5.74, 6) is 0.339. The largest absolute Gasteiger partial charge is 0.352 e. The molecule has 0 aromatic rings. The SMILES string of the molecule is NC(=O)NC[C@@H]1CCCCN1C(=O)[C@H]1CCCNC1. The summed E-state index contributed by atoms with van der Waals surface area (Å²) in [6, 6.07) is -0.409. The van der Waals surface area contributed by atoms with Gasteiger partial charge in [-0.2, -0.15) is 0 Å². The molecule has 0 aromatic heterocycles. The maximum atomic E-state index is 12.6. The van der Waals surface area contributed by atoms with Crippen LogP contribution in [0.4, 0.5) is 4.79 Å². The lowest BCUT2D eigenvalue weighted by atomic mass is 9.94. The van der Waals surface area contributed by atoms with Crippen molar-refractivity contribution in [3.05, 3.63) is 0 Å². The van der Waals surface area contributed by atoms with Gasteiger partial charge in [0.05, 0.1) is 5.92 Å². The van der Waals surface area contributed by atoms with Crippen LogP contribution >= 0.6 is 0 Å². The number of urea groups is 1. The Morgan fingerprint density at radius 1 is 1.26 bits per heavy atom. The Hall–Kier alpha value is -1.30. The van der Waals surface area contributed by atoms with E-state index in [1.165, 1.54) is 0 Å². The van der Waals surface area contributed by atoms with Gasteiger partial charge in [-0.3, -0.25) is 4.79 Å². The van der Waals surface area contributed by atoms with Crippen LogP contribution in [0.2, 0.25) is 0 Å². The quantitative estimate of drug-likeness (QED) is 0.675. The second kappa shape index (κ2) is 6.75. The maximum Gasteiger partial charge on any atom is 0.312 e. The molecule has 3 amide bonds. The highest BCUT2D eigenvalue weighted by molar-refractivity contribution is 5.80. The highest BCUT2D eigenvalue weighted by atomic mass is 16.2. The Morgan fingerprint density at radius 2 is 2.11 bits per heavy atom. The molecular formula is C13H24N4O2. The zero-order chi connectivity index (χ0) is 13.7. The summed E-state index contributed by atoms with van der Waals surface area (Å²) in [7, 11) is 0. The van der Waals surface area contributed by atoms with E-state index in [4.69, 9.17) is 5.73 Å². The third-order valence-corrected chi connectivity index (χ3v) is 4.07. The zero-order valence-corrected chi connectivity index (χ0v) is 11.4. The molecule has 6 heteroatoms. The van der Waals surface area contributed by atoms with Gasteiger partial charge < -0.3 is 21.3 Å². The van der Waals surface area contributed by atoms with Gasteiger partial charge in [-0.05, 0) is 38.6 Å². The van der Waals surface area contributed by atoms with Gasteiger partial charge in [0.15, 0.2) is 0 Å². The predicted molar refractivity (Wildman–Crippen MR) is 72.5 cm³/mol. The minimum absolute atomic E-state index is 0.0999. The van der Waals surface area contributed by atoms with E-state index in [1.807, 2.05) is 4.90 Å². The minimum Gasteiger partial charge on any atom is -0.352 e. The summed E-state index contributed by atoms with van der Waals surface area (Å²) in [4.78, 5) is 25.3. The molecule has 2 heterocycles. The van der Waals surface area contributed by atoms with E-state index in [0.29, 0.717) is 6.54 Å². The molecule has 108 valence electrons. The summed E-state index contributed by atoms with van der Waals surface area (Å²) < 4.78 is 0. The molecule has 2 fully saturated rings. The fourth-order valence-corrected chi connectivity index (χ4v) is 3.02. The average molecular weight is 268 g/mol. The van der Waals surface area contributed by atoms with Gasteiger partial charge in [-0.15, -0.1) is 0 Å². The van der Waals surface area contributed by atoms with Crippen molar-refractivity contribution < 1.29 is 9.59 Å². The Kier molecular flexibility index (Phi) is 5.01. The maximum absolute atomic E-state index is 12.6. The highest BCUT2D eigenvalue weighted by Gasteiger charge is 2.32. The van der Waals surface area contributed by atoms with Crippen molar-refractivity contribution in [3.63, 3.8) is 0 Å². The van der Waals surface area contributed by atoms with Crippen LogP contribution in [0.5, 0.6) is 0 Å². The number of piperidine rings is 2. The Morgan fingerprint density at radius 3 is 2.79 bits per heavy atom. The topological polar surface area (TPSA) is 87.5 Å². The number of rotatable bonds is 3. The fraction of sp³-hybridized carbons (Fsp3) is 0.846. The number of primary amides is 1. The van der Waals surface area contributed by atoms with Crippen molar-refractivity contribution in [3.8, 4) is 0 Å². The van der Waals surface area contributed by atoms with E-state index < -0.39 is 6.03 Å². The third kappa shape index (κ3) is 3.83. The summed E-state index contributed by atoms with van der Waals surface area (Å²) >= 11 is 0. The molecule has 2 atom stereocenters. The van der Waals surface area contributed by atoms with Crippen molar-refractivity contribution in [2.45, 2.75) is 38.1 Å². The molecule has 2 aliphatic rings. The van der Waals surface area contributed by atoms with Crippen LogP contribution < -0.4 is 16.4 Å². The van der Waals surface area contributed by atoms with Crippen LogP contribution in [0.15, 0.2) is 0 Å². The van der Waals surface area contributed by atoms with E-state index >= 15 is 0 Å². The number of carbonyl (C=O) groups excluding carboxylic acids is 2. The molecule has 2 aliphatic heterocycles. The van der Waals surface area contributed by atoms with E-state index in [2.05, 4.69) is 10.6 Å². The van der Waals surface area contributed by atoms with E-state index in [0.717, 1.165) is 51.7 Å². The first-order valence-electron chi connectivity index (χ1n) is 7.23. The molecule has 0 radical (unpaired) electrons. The number of likely N-dealkylation sites (tertiary alicyclic amines) is 1. The first-order valence-corrected chi connectivity index (χ1v) is 7.23. The molecule has 6 nitrogen and oxygen atoms in total. The van der Waals surface area contributed by atoms with Crippen LogP contribution in [0.25, 0.3) is 0 Å². The Labute approximate surface area is 114 Å². The lowest BCUT2D eigenvalue weighted by molar-refractivity contribution is -0.139. The van der Waals surface area contributed by atoms with Crippen molar-refractivity contribution >= 4 is 11.9 Å². The van der Waals surface area contributed by atoms with Crippen LogP contribution in [0.3, 0.4) is 0 Å². The third-order valence-electron chi connectivity index (χ3n) is 4.07. The molecular weight excluding hydrogens is 244 g/mol. The monoisotopic (exact) mass is 268 g/mol. The summed E-state index contributed by atoms with van der Waals surface area (Å²) in [6.45, 7) is 3.07. The van der Waals surface area contributed by atoms with Crippen molar-refractivity contribution in [2.75, 3.05) is 26.2 Å². The van der Waals surface area contributed by atoms with E-state index in [1.54, 1.807) is 0 Å². The van der Waals surface area contributed by atoms with Gasteiger partial charge >= 0.3 is 6.03 Å². The predicted octanol–water partition coefficient (Wildman–Crippen LogP) is 0.0354. The lowest BCUT2D eigenvalue weighted by Crippen LogP contribution is -2.53. The number of nitrogens with one attached hydrogen (secondary N) is 2. The molecule has 0 saturated carbocycles. The van der Waals surface area contributed by atoms with Crippen molar-refractivity contribution in [1.82, 2.24) is 15.5 Å². The molecule has 19 heavy (non-hydrogen) atoms. The summed E-state index contributed by atoms with van der Waals surface area (Å²) in [6.07, 6.45) is 5.15. The van der Waals surface area contributed by atoms with Gasteiger partial charge in [0.1, 0.15) is 0 Å². The molecule has 4 N–H and O–H groups in total. The number of nitrogens with two attached hydrogens (primary N) is 1. The molecule has 0 unspecified atom stereocenters. The molecule has 0 aliphatic carbocycles. The number of nitrogens with zero attached hydrogens (tertiary/aromatic N) is 1. The average Bonchev–Trinajstić information content (AvgIpc) is 2.45. The zero-order valence-electron chi connectivity index (χ0n) is 11.4. The molecule has 0 spiro atoms. The van der Waals surface area contributed by atoms with Gasteiger partial charge in [-0.1, -0.05) is 0 Å². The van der Waals surface area contributed by atoms with Crippen molar-refractivity contribution in [1.29, 1.82) is 0 Å². The molecule has 0 aromatic carbocycles. The van der Waals surface area contributed by atoms with Crippen LogP contribution in [0.1, 0.15) is 32.1 Å². The van der Waals surface area contributed by atoms with Gasteiger partial charge in [0.2, 0.25) is 5.91 Å². The smallest absolute Gasteiger partial charge is 0.312 e. The standard InChI is InChI=1S/C13H24N4O2/c14-13(19)16-9-11-5-1-2-7-17(11)12(18)10-4-3-6-15-8-10/h10-11,15H,1-9H2,(H3,14,16,19)/t10-,11-/m0/s1. The fourth-order valence-electron chi connectivity index (χ4n) is 3.02. The first kappa shape index (κ1) is 14.1. The van der Waals surface area contributed by atoms with Crippen LogP contribution in [0, 0.1) is 5.92 Å². The van der Waals surface area contributed by atoms with Crippen molar-refractivity contribution in [2.24, 2.45) is 11.7 Å². The molecule has 0 bridgehead atoms. The Balaban J connectivity index is 1.93. The van der Waals surface area contributed by atoms with Gasteiger partial charge in [-0.25, -0.2) is 4.79 Å². The highest BCUT2D eigenvalue weighted by Crippen LogP contribution is 2.21. The van der Waals surface area contributed by atoms with E-state index in [-0.39, 0.29) is 17.9 Å². The minimum atomic E-state index is -0.516. The van der Waals surface area contributed by atoms with Gasteiger partial charge in [0, 0.05) is 25.7 Å².